The summed E-state index contributed by atoms with van der Waals surface area (Å²) in [5.41, 5.74) is 4.80. The highest BCUT2D eigenvalue weighted by molar-refractivity contribution is 6.02. The Morgan fingerprint density at radius 2 is 2.05 bits per heavy atom. The summed E-state index contributed by atoms with van der Waals surface area (Å²) in [5.74, 6) is 0.773. The Hall–Kier alpha value is -2.62. The number of ether oxygens (including phenoxy) is 1. The van der Waals surface area contributed by atoms with E-state index in [9.17, 15) is 0 Å². The fourth-order valence-electron chi connectivity index (χ4n) is 2.13. The minimum atomic E-state index is 0.773. The molecule has 100 valence electrons. The first-order valence-electron chi connectivity index (χ1n) is 6.40. The van der Waals surface area contributed by atoms with Gasteiger partial charge in [0.2, 0.25) is 0 Å². The second kappa shape index (κ2) is 5.17. The van der Waals surface area contributed by atoms with Crippen molar-refractivity contribution in [2.24, 2.45) is 4.99 Å². The van der Waals surface area contributed by atoms with Gasteiger partial charge < -0.3 is 9.72 Å². The quantitative estimate of drug-likeness (QED) is 0.734. The van der Waals surface area contributed by atoms with Crippen molar-refractivity contribution in [1.82, 2.24) is 9.97 Å². The number of nitrogens with zero attached hydrogens (tertiary/aromatic N) is 2. The molecule has 0 aliphatic carbocycles. The number of para-hydroxylation sites is 2. The molecule has 3 rings (SSSR count). The van der Waals surface area contributed by atoms with Gasteiger partial charge in [0.15, 0.2) is 0 Å². The lowest BCUT2D eigenvalue weighted by Gasteiger charge is -2.06. The second-order valence-corrected chi connectivity index (χ2v) is 4.50. The monoisotopic (exact) mass is 265 g/mol. The van der Waals surface area contributed by atoms with E-state index >= 15 is 0 Å². The van der Waals surface area contributed by atoms with Gasteiger partial charge in [-0.15, -0.1) is 0 Å². The number of aromatic nitrogens is 2. The molecule has 1 heterocycles. The highest BCUT2D eigenvalue weighted by Gasteiger charge is 2.04. The van der Waals surface area contributed by atoms with Gasteiger partial charge in [-0.2, -0.15) is 0 Å². The van der Waals surface area contributed by atoms with E-state index in [4.69, 9.17) is 4.74 Å². The van der Waals surface area contributed by atoms with Gasteiger partial charge in [0, 0.05) is 5.71 Å². The number of H-pyrrole nitrogens is 1. The maximum absolute atomic E-state index is 5.32. The SMILES string of the molecule is COc1ccccc1N=C(C)c1ccc2nc[nH]c2c1. The van der Waals surface area contributed by atoms with E-state index in [1.807, 2.05) is 43.3 Å². The number of aromatic amines is 1. The maximum Gasteiger partial charge on any atom is 0.144 e. The van der Waals surface area contributed by atoms with E-state index < -0.39 is 0 Å². The Morgan fingerprint density at radius 3 is 2.90 bits per heavy atom. The summed E-state index contributed by atoms with van der Waals surface area (Å²) in [6, 6.07) is 13.8. The number of rotatable bonds is 3. The molecule has 4 heteroatoms. The van der Waals surface area contributed by atoms with Gasteiger partial charge >= 0.3 is 0 Å². The Bertz CT molecular complexity index is 774. The van der Waals surface area contributed by atoms with Crippen LogP contribution < -0.4 is 4.74 Å². The summed E-state index contributed by atoms with van der Waals surface area (Å²) in [4.78, 5) is 12.0. The number of methoxy groups -OCH3 is 1. The smallest absolute Gasteiger partial charge is 0.144 e. The summed E-state index contributed by atoms with van der Waals surface area (Å²) < 4.78 is 5.32. The second-order valence-electron chi connectivity index (χ2n) is 4.50. The molecule has 0 saturated carbocycles. The third kappa shape index (κ3) is 2.28. The van der Waals surface area contributed by atoms with Crippen LogP contribution in [0.25, 0.3) is 11.0 Å². The minimum absolute atomic E-state index is 0.773. The molecule has 0 fully saturated rings. The van der Waals surface area contributed by atoms with Gasteiger partial charge in [0.25, 0.3) is 0 Å². The molecule has 0 unspecified atom stereocenters. The average molecular weight is 265 g/mol. The Labute approximate surface area is 117 Å². The first-order valence-corrected chi connectivity index (χ1v) is 6.40. The van der Waals surface area contributed by atoms with Crippen LogP contribution in [-0.2, 0) is 0 Å². The minimum Gasteiger partial charge on any atom is -0.494 e. The number of hydrogen-bond acceptors (Lipinski definition) is 3. The van der Waals surface area contributed by atoms with Gasteiger partial charge in [-0.3, -0.25) is 0 Å². The van der Waals surface area contributed by atoms with Crippen molar-refractivity contribution in [2.45, 2.75) is 6.92 Å². The molecule has 3 aromatic rings. The van der Waals surface area contributed by atoms with Crippen LogP contribution in [0, 0.1) is 0 Å². The molecule has 0 spiro atoms. The van der Waals surface area contributed by atoms with E-state index in [1.54, 1.807) is 13.4 Å². The highest BCUT2D eigenvalue weighted by Crippen LogP contribution is 2.27. The molecule has 1 N–H and O–H groups in total. The zero-order chi connectivity index (χ0) is 13.9. The molecule has 0 atom stereocenters. The Balaban J connectivity index is 2.02. The molecule has 0 saturated heterocycles. The third-order valence-corrected chi connectivity index (χ3v) is 3.21. The normalized spacial score (nSPS) is 11.8. The lowest BCUT2D eigenvalue weighted by atomic mass is 10.1. The number of hydrogen-bond donors (Lipinski definition) is 1. The fraction of sp³-hybridized carbons (Fsp3) is 0.125. The molecule has 1 aromatic heterocycles. The Kier molecular flexibility index (Phi) is 3.21. The molecular formula is C16H15N3O. The van der Waals surface area contributed by atoms with Crippen LogP contribution >= 0.6 is 0 Å². The van der Waals surface area contributed by atoms with Crippen LogP contribution in [0.1, 0.15) is 12.5 Å². The van der Waals surface area contributed by atoms with E-state index in [1.165, 1.54) is 0 Å². The first kappa shape index (κ1) is 12.4. The van der Waals surface area contributed by atoms with Gasteiger partial charge in [-0.05, 0) is 36.8 Å². The molecule has 0 aliphatic rings. The average Bonchev–Trinajstić information content (AvgIpc) is 2.95. The first-order chi connectivity index (χ1) is 9.78. The number of fused-ring (bicyclic) bond motifs is 1. The molecular weight excluding hydrogens is 250 g/mol. The summed E-state index contributed by atoms with van der Waals surface area (Å²) >= 11 is 0. The standard InChI is InChI=1S/C16H15N3O/c1-11(19-14-5-3-4-6-16(14)20-2)12-7-8-13-15(9-12)18-10-17-13/h3-10H,1-2H3,(H,17,18). The molecule has 0 amide bonds. The van der Waals surface area contributed by atoms with Crippen molar-refractivity contribution in [2.75, 3.05) is 7.11 Å². The summed E-state index contributed by atoms with van der Waals surface area (Å²) in [5, 5.41) is 0. The van der Waals surface area contributed by atoms with E-state index in [0.29, 0.717) is 0 Å². The van der Waals surface area contributed by atoms with Crippen molar-refractivity contribution in [1.29, 1.82) is 0 Å². The maximum atomic E-state index is 5.32. The van der Waals surface area contributed by atoms with Crippen molar-refractivity contribution in [3.05, 3.63) is 54.4 Å². The zero-order valence-corrected chi connectivity index (χ0v) is 11.4. The number of imidazole rings is 1. The van der Waals surface area contributed by atoms with Crippen molar-refractivity contribution in [3.63, 3.8) is 0 Å². The lowest BCUT2D eigenvalue weighted by molar-refractivity contribution is 0.416. The molecule has 20 heavy (non-hydrogen) atoms. The molecule has 2 aromatic carbocycles. The van der Waals surface area contributed by atoms with E-state index in [-0.39, 0.29) is 0 Å². The van der Waals surface area contributed by atoms with Crippen LogP contribution in [0.2, 0.25) is 0 Å². The van der Waals surface area contributed by atoms with Crippen LogP contribution in [0.4, 0.5) is 5.69 Å². The van der Waals surface area contributed by atoms with Crippen LogP contribution in [0.5, 0.6) is 5.75 Å². The largest absolute Gasteiger partial charge is 0.494 e. The van der Waals surface area contributed by atoms with Crippen LogP contribution in [-0.4, -0.2) is 22.8 Å². The Morgan fingerprint density at radius 1 is 1.20 bits per heavy atom. The number of benzene rings is 2. The number of aliphatic imine (C=N–C) groups is 1. The van der Waals surface area contributed by atoms with Crippen molar-refractivity contribution < 1.29 is 4.74 Å². The van der Waals surface area contributed by atoms with Gasteiger partial charge in [0.1, 0.15) is 11.4 Å². The van der Waals surface area contributed by atoms with Gasteiger partial charge in [-0.25, -0.2) is 9.98 Å². The predicted octanol–water partition coefficient (Wildman–Crippen LogP) is 3.71. The van der Waals surface area contributed by atoms with Gasteiger partial charge in [0.05, 0.1) is 24.5 Å². The molecule has 0 radical (unpaired) electrons. The number of nitrogens with one attached hydrogen (secondary N) is 1. The fourth-order valence-corrected chi connectivity index (χ4v) is 2.13. The summed E-state index contributed by atoms with van der Waals surface area (Å²) in [6.07, 6.45) is 1.70. The lowest BCUT2D eigenvalue weighted by Crippen LogP contribution is -1.94. The third-order valence-electron chi connectivity index (χ3n) is 3.21. The topological polar surface area (TPSA) is 50.3 Å². The van der Waals surface area contributed by atoms with Crippen LogP contribution in [0.3, 0.4) is 0 Å². The molecule has 0 aliphatic heterocycles. The van der Waals surface area contributed by atoms with E-state index in [2.05, 4.69) is 21.0 Å². The summed E-state index contributed by atoms with van der Waals surface area (Å²) in [6.45, 7) is 1.99. The predicted molar refractivity (Wildman–Crippen MR) is 81.0 cm³/mol. The van der Waals surface area contributed by atoms with Crippen molar-refractivity contribution in [3.8, 4) is 5.75 Å². The van der Waals surface area contributed by atoms with Crippen LogP contribution in [0.15, 0.2) is 53.8 Å². The molecule has 0 bridgehead atoms. The summed E-state index contributed by atoms with van der Waals surface area (Å²) in [7, 11) is 1.65. The van der Waals surface area contributed by atoms with E-state index in [0.717, 1.165) is 33.7 Å². The molecule has 4 nitrogen and oxygen atoms in total. The highest BCUT2D eigenvalue weighted by atomic mass is 16.5. The van der Waals surface area contributed by atoms with Gasteiger partial charge in [-0.1, -0.05) is 18.2 Å². The zero-order valence-electron chi connectivity index (χ0n) is 11.4. The van der Waals surface area contributed by atoms with Crippen molar-refractivity contribution >= 4 is 22.4 Å².